The Morgan fingerprint density at radius 3 is 1.72 bits per heavy atom. The normalized spacial score (nSPS) is 19.8. The molecule has 2 aliphatic heterocycles. The molecule has 2 aromatic carbocycles. The Morgan fingerprint density at radius 2 is 1.22 bits per heavy atom. The zero-order chi connectivity index (χ0) is 22.3. The van der Waals surface area contributed by atoms with Crippen molar-refractivity contribution < 1.29 is 23.7 Å². The van der Waals surface area contributed by atoms with E-state index in [9.17, 15) is 4.79 Å². The number of carbonyl (C=O) groups is 1. The summed E-state index contributed by atoms with van der Waals surface area (Å²) in [6, 6.07) is 15.1. The summed E-state index contributed by atoms with van der Waals surface area (Å²) in [6.45, 7) is 5.61. The number of methoxy groups -OCH3 is 2. The fraction of sp³-hybridized carbons (Fsp3) is 0.480. The van der Waals surface area contributed by atoms with Gasteiger partial charge < -0.3 is 18.9 Å². The monoisotopic (exact) mass is 440 g/mol. The first-order valence-electron chi connectivity index (χ1n) is 11.2. The van der Waals surface area contributed by atoms with Crippen molar-refractivity contribution in [3.05, 3.63) is 59.7 Å². The van der Waals surface area contributed by atoms with Crippen LogP contribution in [0.15, 0.2) is 48.5 Å². The molecule has 172 valence electrons. The van der Waals surface area contributed by atoms with Crippen LogP contribution < -0.4 is 9.47 Å². The lowest BCUT2D eigenvalue weighted by molar-refractivity contribution is -0.0301. The molecule has 2 saturated heterocycles. The van der Waals surface area contributed by atoms with Crippen LogP contribution in [0.3, 0.4) is 0 Å². The maximum absolute atomic E-state index is 14.0. The van der Waals surface area contributed by atoms with Crippen molar-refractivity contribution in [3.63, 3.8) is 0 Å². The maximum atomic E-state index is 14.0. The summed E-state index contributed by atoms with van der Waals surface area (Å²) >= 11 is 0. The van der Waals surface area contributed by atoms with Gasteiger partial charge >= 0.3 is 0 Å². The Morgan fingerprint density at radius 1 is 0.750 bits per heavy atom. The molecule has 7 heteroatoms. The van der Waals surface area contributed by atoms with E-state index >= 15 is 0 Å². The van der Waals surface area contributed by atoms with Crippen molar-refractivity contribution in [2.24, 2.45) is 0 Å². The largest absolute Gasteiger partial charge is 0.497 e. The van der Waals surface area contributed by atoms with Crippen molar-refractivity contribution in [1.29, 1.82) is 0 Å². The topological polar surface area (TPSA) is 60.5 Å². The van der Waals surface area contributed by atoms with Crippen molar-refractivity contribution in [1.82, 2.24) is 9.80 Å². The van der Waals surface area contributed by atoms with Crippen LogP contribution in [-0.2, 0) is 9.47 Å². The predicted octanol–water partition coefficient (Wildman–Crippen LogP) is 2.66. The molecule has 2 heterocycles. The molecule has 0 bridgehead atoms. The molecule has 4 rings (SSSR count). The molecule has 2 unspecified atom stereocenters. The van der Waals surface area contributed by atoms with E-state index in [1.54, 1.807) is 14.2 Å². The lowest BCUT2D eigenvalue weighted by atomic mass is 9.89. The molecule has 7 nitrogen and oxygen atoms in total. The van der Waals surface area contributed by atoms with Crippen molar-refractivity contribution >= 4 is 5.78 Å². The van der Waals surface area contributed by atoms with Gasteiger partial charge in [-0.25, -0.2) is 0 Å². The third-order valence-electron chi connectivity index (χ3n) is 6.28. The van der Waals surface area contributed by atoms with Gasteiger partial charge in [0.15, 0.2) is 5.78 Å². The number of nitrogens with zero attached hydrogens (tertiary/aromatic N) is 2. The van der Waals surface area contributed by atoms with E-state index in [0.717, 1.165) is 43.2 Å². The van der Waals surface area contributed by atoms with E-state index in [4.69, 9.17) is 18.9 Å². The minimum absolute atomic E-state index is 0.0995. The first-order chi connectivity index (χ1) is 15.7. The molecule has 0 spiro atoms. The Balaban J connectivity index is 1.74. The number of morpholine rings is 2. The molecule has 0 N–H and O–H groups in total. The number of hydrogen-bond acceptors (Lipinski definition) is 7. The van der Waals surface area contributed by atoms with Crippen LogP contribution in [0.5, 0.6) is 11.5 Å². The molecule has 0 aliphatic carbocycles. The highest BCUT2D eigenvalue weighted by Gasteiger charge is 2.39. The number of Topliss-reactive ketones (excluding diaryl/α,β-unsaturated/α-hetero) is 1. The molecule has 0 saturated carbocycles. The summed E-state index contributed by atoms with van der Waals surface area (Å²) in [5.74, 6) is 1.66. The summed E-state index contributed by atoms with van der Waals surface area (Å²) in [4.78, 5) is 18.7. The number of hydrogen-bond donors (Lipinski definition) is 0. The summed E-state index contributed by atoms with van der Waals surface area (Å²) in [6.07, 6.45) is 0. The second-order valence-corrected chi connectivity index (χ2v) is 8.05. The minimum Gasteiger partial charge on any atom is -0.497 e. The van der Waals surface area contributed by atoms with Crippen molar-refractivity contribution in [2.45, 2.75) is 12.1 Å². The second kappa shape index (κ2) is 10.9. The predicted molar refractivity (Wildman–Crippen MR) is 122 cm³/mol. The second-order valence-electron chi connectivity index (χ2n) is 8.05. The summed E-state index contributed by atoms with van der Waals surface area (Å²) in [5, 5.41) is 0. The van der Waals surface area contributed by atoms with Gasteiger partial charge in [0.05, 0.1) is 52.7 Å². The number of rotatable bonds is 8. The van der Waals surface area contributed by atoms with Gasteiger partial charge in [0.25, 0.3) is 0 Å². The van der Waals surface area contributed by atoms with Gasteiger partial charge in [-0.05, 0) is 42.0 Å². The lowest BCUT2D eigenvalue weighted by Gasteiger charge is -2.44. The highest BCUT2D eigenvalue weighted by atomic mass is 16.5. The van der Waals surface area contributed by atoms with E-state index in [0.29, 0.717) is 32.0 Å². The molecule has 0 amide bonds. The van der Waals surface area contributed by atoms with Gasteiger partial charge in [0.1, 0.15) is 11.5 Å². The molecule has 32 heavy (non-hydrogen) atoms. The van der Waals surface area contributed by atoms with E-state index in [1.165, 1.54) is 0 Å². The number of ketones is 1. The van der Waals surface area contributed by atoms with Crippen LogP contribution in [0.4, 0.5) is 0 Å². The third-order valence-corrected chi connectivity index (χ3v) is 6.28. The van der Waals surface area contributed by atoms with Crippen LogP contribution in [0.2, 0.25) is 0 Å². The van der Waals surface area contributed by atoms with Crippen LogP contribution in [0.25, 0.3) is 0 Å². The van der Waals surface area contributed by atoms with Crippen LogP contribution in [0, 0.1) is 0 Å². The first kappa shape index (κ1) is 22.7. The molecule has 2 aliphatic rings. The van der Waals surface area contributed by atoms with Gasteiger partial charge in [0.2, 0.25) is 0 Å². The quantitative estimate of drug-likeness (QED) is 0.585. The molecule has 0 radical (unpaired) electrons. The third kappa shape index (κ3) is 5.13. The van der Waals surface area contributed by atoms with Crippen molar-refractivity contribution in [3.8, 4) is 11.5 Å². The van der Waals surface area contributed by atoms with Gasteiger partial charge in [-0.1, -0.05) is 12.1 Å². The van der Waals surface area contributed by atoms with Crippen LogP contribution in [0.1, 0.15) is 22.0 Å². The zero-order valence-electron chi connectivity index (χ0n) is 18.9. The summed E-state index contributed by atoms with van der Waals surface area (Å²) < 4.78 is 21.9. The fourth-order valence-corrected chi connectivity index (χ4v) is 4.54. The number of carbonyl (C=O) groups excluding carboxylic acids is 1. The molecular weight excluding hydrogens is 408 g/mol. The zero-order valence-corrected chi connectivity index (χ0v) is 18.9. The summed E-state index contributed by atoms with van der Waals surface area (Å²) in [7, 11) is 3.30. The van der Waals surface area contributed by atoms with Gasteiger partial charge in [-0.2, -0.15) is 0 Å². The molecule has 2 atom stereocenters. The molecule has 0 aromatic heterocycles. The smallest absolute Gasteiger partial charge is 0.181 e. The number of benzene rings is 2. The Kier molecular flexibility index (Phi) is 7.76. The standard InChI is InChI=1S/C25H32N2O5/c1-29-21-7-3-19(4-8-21)23(26-11-15-31-16-12-26)24(27-13-17-32-18-14-27)25(28)20-5-9-22(30-2)10-6-20/h3-10,23-24H,11-18H2,1-2H3. The first-order valence-corrected chi connectivity index (χ1v) is 11.2. The molecular formula is C25H32N2O5. The number of ether oxygens (including phenoxy) is 4. The lowest BCUT2D eigenvalue weighted by Crippen LogP contribution is -2.55. The van der Waals surface area contributed by atoms with E-state index in [2.05, 4.69) is 21.9 Å². The minimum atomic E-state index is -0.334. The highest BCUT2D eigenvalue weighted by Crippen LogP contribution is 2.32. The average Bonchev–Trinajstić information content (AvgIpc) is 2.88. The van der Waals surface area contributed by atoms with Gasteiger partial charge in [-0.3, -0.25) is 14.6 Å². The Hall–Kier alpha value is -2.45. The van der Waals surface area contributed by atoms with Crippen molar-refractivity contribution in [2.75, 3.05) is 66.8 Å². The van der Waals surface area contributed by atoms with Gasteiger partial charge in [0, 0.05) is 31.7 Å². The maximum Gasteiger partial charge on any atom is 0.181 e. The van der Waals surface area contributed by atoms with E-state index < -0.39 is 0 Å². The average molecular weight is 441 g/mol. The molecule has 2 fully saturated rings. The van der Waals surface area contributed by atoms with Crippen LogP contribution >= 0.6 is 0 Å². The van der Waals surface area contributed by atoms with E-state index in [-0.39, 0.29) is 17.9 Å². The van der Waals surface area contributed by atoms with Gasteiger partial charge in [-0.15, -0.1) is 0 Å². The van der Waals surface area contributed by atoms with E-state index in [1.807, 2.05) is 36.4 Å². The van der Waals surface area contributed by atoms with Crippen LogP contribution in [-0.4, -0.2) is 88.5 Å². The Bertz CT molecular complexity index is 859. The summed E-state index contributed by atoms with van der Waals surface area (Å²) in [5.41, 5.74) is 1.79. The Labute approximate surface area is 189 Å². The molecule has 2 aromatic rings. The highest BCUT2D eigenvalue weighted by molar-refractivity contribution is 6.00. The SMILES string of the molecule is COc1ccc(C(=O)C(C(c2ccc(OC)cc2)N2CCOCC2)N2CCOCC2)cc1. The fourth-order valence-electron chi connectivity index (χ4n) is 4.54.